The zero-order valence-corrected chi connectivity index (χ0v) is 41.8. The molecule has 0 bridgehead atoms. The topological polar surface area (TPSA) is 386 Å². The fourth-order valence-corrected chi connectivity index (χ4v) is 10.3. The smallest absolute Gasteiger partial charge is 0.244 e. The summed E-state index contributed by atoms with van der Waals surface area (Å²) in [4.78, 5) is 114. The Morgan fingerprint density at radius 3 is 2.01 bits per heavy atom. The minimum atomic E-state index is -1.36. The summed E-state index contributed by atoms with van der Waals surface area (Å²) in [5.41, 5.74) is 18.8. The molecule has 0 saturated carbocycles. The van der Waals surface area contributed by atoms with Crippen LogP contribution in [0.25, 0.3) is 10.9 Å². The lowest BCUT2D eigenvalue weighted by atomic mass is 10.00. The molecule has 0 spiro atoms. The van der Waals surface area contributed by atoms with Gasteiger partial charge in [-0.05, 0) is 70.1 Å². The van der Waals surface area contributed by atoms with Crippen LogP contribution in [0.15, 0.2) is 60.8 Å². The molecule has 0 radical (unpaired) electrons. The highest BCUT2D eigenvalue weighted by Crippen LogP contribution is 2.39. The number of guanidine groups is 2. The number of primary amides is 1. The number of rotatable bonds is 16. The van der Waals surface area contributed by atoms with Gasteiger partial charge in [-0.3, -0.25) is 49.2 Å². The van der Waals surface area contributed by atoms with Gasteiger partial charge in [0.1, 0.15) is 42.3 Å². The molecule has 0 aliphatic carbocycles. The molecule has 1 saturated heterocycles. The van der Waals surface area contributed by atoms with Crippen LogP contribution in [0.1, 0.15) is 70.9 Å². The van der Waals surface area contributed by atoms with E-state index < -0.39 is 94.3 Å². The van der Waals surface area contributed by atoms with E-state index in [4.69, 9.17) is 28.0 Å². The Bertz CT molecular complexity index is 2390. The number of carbonyl (C=O) groups is 8. The number of hydrogen-bond acceptors (Lipinski definition) is 12. The summed E-state index contributed by atoms with van der Waals surface area (Å²) in [5.74, 6) is -6.32. The third kappa shape index (κ3) is 18.3. The van der Waals surface area contributed by atoms with Crippen molar-refractivity contribution in [2.45, 2.75) is 120 Å². The Morgan fingerprint density at radius 2 is 1.35 bits per heavy atom. The Kier molecular flexibility index (Phi) is 21.8. The molecular formula is C46H67N15O8S2. The van der Waals surface area contributed by atoms with E-state index in [2.05, 4.69) is 52.8 Å². The Morgan fingerprint density at radius 1 is 0.761 bits per heavy atom. The van der Waals surface area contributed by atoms with Crippen molar-refractivity contribution in [2.24, 2.45) is 17.2 Å². The van der Waals surface area contributed by atoms with Crippen LogP contribution < -0.4 is 65.1 Å². The highest BCUT2D eigenvalue weighted by Gasteiger charge is 2.41. The van der Waals surface area contributed by atoms with Gasteiger partial charge in [0.2, 0.25) is 47.3 Å². The number of aromatic amines is 1. The van der Waals surface area contributed by atoms with Crippen molar-refractivity contribution in [3.63, 3.8) is 0 Å². The maximum atomic E-state index is 14.4. The average molecular weight is 1020 g/mol. The molecule has 8 amide bonds. The van der Waals surface area contributed by atoms with E-state index in [9.17, 15) is 38.4 Å². The van der Waals surface area contributed by atoms with Crippen molar-refractivity contribution in [3.05, 3.63) is 71.9 Å². The lowest BCUT2D eigenvalue weighted by Crippen LogP contribution is -2.62. The van der Waals surface area contributed by atoms with Crippen LogP contribution in [0, 0.1) is 10.8 Å². The molecule has 2 heterocycles. The lowest BCUT2D eigenvalue weighted by Gasteiger charge is -2.34. The number of carbonyl (C=O) groups excluding carboxylic acids is 8. The first-order valence-corrected chi connectivity index (χ1v) is 25.4. The van der Waals surface area contributed by atoms with Crippen LogP contribution in [0.3, 0.4) is 0 Å². The molecule has 71 heavy (non-hydrogen) atoms. The molecule has 386 valence electrons. The van der Waals surface area contributed by atoms with Gasteiger partial charge in [-0.2, -0.15) is 0 Å². The van der Waals surface area contributed by atoms with E-state index in [1.807, 2.05) is 24.3 Å². The standard InChI is InChI=1S/C46H67N15O8S2/c1-25-38(64)59-34(22-27-12-6-5-7-13-27)41(67)58-33(17-11-20-53-45(50)51)39(65)60-35(23-28-24-54-30-15-9-8-14-29(28)30)42(68)57-31(37(47)63)18-21-70-71-46(3,4)36(43(69)55-25)61-40(66)32(56-26(2)62)16-10-19-52-44(48)49/h5-9,12-15,24-25,31-36,54H,10-11,16-23H2,1-4H3,(H2,47,63)(H,55,69)(H,56,62)(H,57,68)(H,58,67)(H,59,64)(H,60,65)(H,61,66)(H4,48,49,52)(H4,50,51,53)/t25-,31+,32+,33+,34-,35+,36-/m1/s1. The highest BCUT2D eigenvalue weighted by molar-refractivity contribution is 8.77. The number of nitrogens with two attached hydrogens (primary N) is 3. The van der Waals surface area contributed by atoms with Gasteiger partial charge in [-0.25, -0.2) is 0 Å². The maximum Gasteiger partial charge on any atom is 0.244 e. The third-order valence-corrected chi connectivity index (χ3v) is 14.7. The van der Waals surface area contributed by atoms with Crippen LogP contribution in [0.2, 0.25) is 0 Å². The minimum Gasteiger partial charge on any atom is -0.370 e. The SMILES string of the molecule is CC(=O)N[C@@H](CCCNC(=N)N)C(=O)N[C@@H]1C(=O)N[C@H](C)C(=O)N[C@H](Cc2ccccc2)C(=O)N[C@@H](CCCNC(=N)N)C(=O)N[C@@H](Cc2c[nH]c3ccccc23)C(=O)N[C@H](C(N)=O)CCSSC1(C)C. The molecule has 1 fully saturated rings. The van der Waals surface area contributed by atoms with Gasteiger partial charge < -0.3 is 70.0 Å². The van der Waals surface area contributed by atoms with Gasteiger partial charge in [-0.15, -0.1) is 0 Å². The Balaban J connectivity index is 1.76. The van der Waals surface area contributed by atoms with E-state index in [1.54, 1.807) is 50.4 Å². The van der Waals surface area contributed by atoms with Crippen molar-refractivity contribution in [1.29, 1.82) is 10.8 Å². The lowest BCUT2D eigenvalue weighted by molar-refractivity contribution is -0.135. The van der Waals surface area contributed by atoms with Crippen molar-refractivity contribution in [1.82, 2.24) is 52.8 Å². The van der Waals surface area contributed by atoms with E-state index in [0.29, 0.717) is 17.5 Å². The summed E-state index contributed by atoms with van der Waals surface area (Å²) in [6, 6.07) is 7.19. The van der Waals surface area contributed by atoms with Crippen LogP contribution in [-0.4, -0.2) is 130 Å². The second-order valence-corrected chi connectivity index (χ2v) is 20.7. The van der Waals surface area contributed by atoms with Crippen LogP contribution >= 0.6 is 21.6 Å². The summed E-state index contributed by atoms with van der Waals surface area (Å²) in [5, 5.41) is 40.1. The maximum absolute atomic E-state index is 14.4. The molecular weight excluding hydrogens is 955 g/mol. The monoisotopic (exact) mass is 1020 g/mol. The summed E-state index contributed by atoms with van der Waals surface area (Å²) in [7, 11) is 2.39. The number of aromatic nitrogens is 1. The number of fused-ring (bicyclic) bond motifs is 1. The van der Waals surface area contributed by atoms with Crippen LogP contribution in [0.5, 0.6) is 0 Å². The summed E-state index contributed by atoms with van der Waals surface area (Å²) < 4.78 is -1.17. The minimum absolute atomic E-state index is 0.00649. The molecule has 25 heteroatoms. The molecule has 18 N–H and O–H groups in total. The summed E-state index contributed by atoms with van der Waals surface area (Å²) in [6.07, 6.45) is 2.23. The number of benzene rings is 2. The first-order chi connectivity index (χ1) is 33.6. The van der Waals surface area contributed by atoms with E-state index in [-0.39, 0.29) is 69.3 Å². The fraction of sp³-hybridized carbons (Fsp3) is 0.478. The molecule has 0 unspecified atom stereocenters. The second-order valence-electron chi connectivity index (χ2n) is 17.6. The van der Waals surface area contributed by atoms with Crippen LogP contribution in [0.4, 0.5) is 0 Å². The normalized spacial score (nSPS) is 22.1. The Hall–Kier alpha value is -7.02. The highest BCUT2D eigenvalue weighted by atomic mass is 33.1. The predicted molar refractivity (Wildman–Crippen MR) is 273 cm³/mol. The van der Waals surface area contributed by atoms with Crippen molar-refractivity contribution >= 4 is 91.7 Å². The summed E-state index contributed by atoms with van der Waals surface area (Å²) in [6.45, 7) is 6.36. The van der Waals surface area contributed by atoms with Gasteiger partial charge >= 0.3 is 0 Å². The van der Waals surface area contributed by atoms with Gasteiger partial charge in [0.05, 0.1) is 0 Å². The molecule has 23 nitrogen and oxygen atoms in total. The van der Waals surface area contributed by atoms with Gasteiger partial charge in [0.25, 0.3) is 0 Å². The number of H-pyrrole nitrogens is 1. The number of nitrogens with one attached hydrogen (secondary N) is 12. The predicted octanol–water partition coefficient (Wildman–Crippen LogP) is -1.04. The first kappa shape index (κ1) is 56.6. The molecule has 1 aliphatic rings. The van der Waals surface area contributed by atoms with Gasteiger partial charge in [0.15, 0.2) is 11.9 Å². The average Bonchev–Trinajstić information content (AvgIpc) is 3.72. The quantitative estimate of drug-likeness (QED) is 0.0353. The molecule has 2 aromatic carbocycles. The molecule has 7 atom stereocenters. The van der Waals surface area contributed by atoms with E-state index in [0.717, 1.165) is 10.9 Å². The zero-order chi connectivity index (χ0) is 52.3. The van der Waals surface area contributed by atoms with Gasteiger partial charge in [-0.1, -0.05) is 70.1 Å². The zero-order valence-electron chi connectivity index (χ0n) is 40.2. The third-order valence-electron chi connectivity index (χ3n) is 11.4. The number of amides is 8. The van der Waals surface area contributed by atoms with Crippen molar-refractivity contribution < 1.29 is 38.4 Å². The van der Waals surface area contributed by atoms with Crippen LogP contribution in [-0.2, 0) is 51.2 Å². The first-order valence-electron chi connectivity index (χ1n) is 23.1. The van der Waals surface area contributed by atoms with Gasteiger partial charge in [0, 0.05) is 60.5 Å². The molecule has 1 aliphatic heterocycles. The number of para-hydroxylation sites is 1. The molecule has 3 aromatic rings. The molecule has 4 rings (SSSR count). The number of hydrogen-bond donors (Lipinski definition) is 15. The second kappa shape index (κ2) is 27.4. The summed E-state index contributed by atoms with van der Waals surface area (Å²) >= 11 is 0. The Labute approximate surface area is 419 Å². The molecule has 1 aromatic heterocycles. The largest absolute Gasteiger partial charge is 0.370 e. The van der Waals surface area contributed by atoms with Crippen molar-refractivity contribution in [2.75, 3.05) is 18.8 Å². The van der Waals surface area contributed by atoms with Crippen molar-refractivity contribution in [3.8, 4) is 0 Å². The van der Waals surface area contributed by atoms with E-state index in [1.165, 1.54) is 35.4 Å². The fourth-order valence-electron chi connectivity index (χ4n) is 7.60. The van der Waals surface area contributed by atoms with E-state index >= 15 is 0 Å².